The van der Waals surface area contributed by atoms with Crippen LogP contribution in [0.3, 0.4) is 0 Å². The van der Waals surface area contributed by atoms with Crippen molar-refractivity contribution in [3.63, 3.8) is 0 Å². The zero-order valence-electron chi connectivity index (χ0n) is 12.8. The van der Waals surface area contributed by atoms with E-state index in [1.54, 1.807) is 16.7 Å². The molecule has 1 rings (SSSR count). The second-order valence-electron chi connectivity index (χ2n) is 5.08. The topological polar surface area (TPSA) is 82.6 Å². The summed E-state index contributed by atoms with van der Waals surface area (Å²) in [5.41, 5.74) is 5.96. The average molecular weight is 314 g/mol. The molecule has 0 saturated carbocycles. The third kappa shape index (κ3) is 7.14. The molecule has 1 aliphatic rings. The molecule has 1 heterocycles. The van der Waals surface area contributed by atoms with Crippen LogP contribution >= 0.6 is 11.8 Å². The van der Waals surface area contributed by atoms with E-state index in [0.29, 0.717) is 25.9 Å². The largest absolute Gasteiger partial charge is 0.379 e. The molecule has 2 N–H and O–H groups in total. The molecular weight excluding hydrogens is 288 g/mol. The maximum atomic E-state index is 12.4. The van der Waals surface area contributed by atoms with Gasteiger partial charge in [-0.25, -0.2) is 0 Å². The molecule has 7 heteroatoms. The molecule has 1 saturated heterocycles. The van der Waals surface area contributed by atoms with Gasteiger partial charge in [-0.05, 0) is 18.4 Å². The van der Waals surface area contributed by atoms with Gasteiger partial charge < -0.3 is 15.4 Å². The van der Waals surface area contributed by atoms with E-state index < -0.39 is 6.04 Å². The van der Waals surface area contributed by atoms with E-state index >= 15 is 0 Å². The Morgan fingerprint density at radius 3 is 2.81 bits per heavy atom. The fourth-order valence-corrected chi connectivity index (χ4v) is 2.70. The number of rotatable bonds is 9. The molecule has 6 nitrogen and oxygen atoms in total. The molecule has 1 fully saturated rings. The van der Waals surface area contributed by atoms with Crippen LogP contribution in [0, 0.1) is 11.3 Å². The molecule has 0 aliphatic carbocycles. The Bertz CT molecular complexity index is 342. The molecule has 0 aromatic rings. The van der Waals surface area contributed by atoms with Gasteiger partial charge in [0.25, 0.3) is 0 Å². The van der Waals surface area contributed by atoms with Crippen LogP contribution in [-0.4, -0.2) is 79.7 Å². The number of hydrogen-bond donors (Lipinski definition) is 1. The smallest absolute Gasteiger partial charge is 0.239 e. The lowest BCUT2D eigenvalue weighted by Crippen LogP contribution is -2.48. The lowest BCUT2D eigenvalue weighted by molar-refractivity contribution is -0.132. The predicted octanol–water partition coefficient (Wildman–Crippen LogP) is 0.141. The molecule has 1 aliphatic heterocycles. The Balaban J connectivity index is 2.45. The molecule has 21 heavy (non-hydrogen) atoms. The van der Waals surface area contributed by atoms with Crippen LogP contribution in [0.4, 0.5) is 0 Å². The Labute approximate surface area is 131 Å². The highest BCUT2D eigenvalue weighted by Crippen LogP contribution is 2.05. The van der Waals surface area contributed by atoms with Crippen LogP contribution in [0.2, 0.25) is 0 Å². The first-order valence-corrected chi connectivity index (χ1v) is 8.78. The first-order chi connectivity index (χ1) is 10.2. The van der Waals surface area contributed by atoms with E-state index in [0.717, 1.165) is 38.6 Å². The van der Waals surface area contributed by atoms with Gasteiger partial charge in [0.05, 0.1) is 31.7 Å². The third-order valence-corrected chi connectivity index (χ3v) is 4.19. The van der Waals surface area contributed by atoms with Crippen molar-refractivity contribution in [3.8, 4) is 6.07 Å². The fourth-order valence-electron chi connectivity index (χ4n) is 2.21. The molecule has 0 bridgehead atoms. The van der Waals surface area contributed by atoms with E-state index in [1.165, 1.54) is 0 Å². The van der Waals surface area contributed by atoms with Crippen molar-refractivity contribution in [3.05, 3.63) is 0 Å². The van der Waals surface area contributed by atoms with Crippen molar-refractivity contribution < 1.29 is 9.53 Å². The van der Waals surface area contributed by atoms with Crippen molar-refractivity contribution in [1.82, 2.24) is 9.80 Å². The first-order valence-electron chi connectivity index (χ1n) is 7.39. The molecule has 1 atom stereocenters. The maximum absolute atomic E-state index is 12.4. The van der Waals surface area contributed by atoms with Crippen molar-refractivity contribution in [2.45, 2.75) is 18.9 Å². The highest BCUT2D eigenvalue weighted by molar-refractivity contribution is 7.98. The number of amides is 1. The van der Waals surface area contributed by atoms with Crippen LogP contribution in [0.1, 0.15) is 12.8 Å². The lowest BCUT2D eigenvalue weighted by atomic mass is 10.2. The Morgan fingerprint density at radius 2 is 2.19 bits per heavy atom. The maximum Gasteiger partial charge on any atom is 0.239 e. The summed E-state index contributed by atoms with van der Waals surface area (Å²) in [6.45, 7) is 5.21. The number of carbonyl (C=O) groups excluding carboxylic acids is 1. The molecular formula is C14H26N4O2S. The van der Waals surface area contributed by atoms with E-state index in [2.05, 4.69) is 11.0 Å². The lowest BCUT2D eigenvalue weighted by Gasteiger charge is -2.31. The number of nitrogens with two attached hydrogens (primary N) is 1. The molecule has 1 amide bonds. The van der Waals surface area contributed by atoms with Gasteiger partial charge in [-0.15, -0.1) is 0 Å². The third-order valence-electron chi connectivity index (χ3n) is 3.55. The minimum Gasteiger partial charge on any atom is -0.379 e. The second-order valence-corrected chi connectivity index (χ2v) is 6.06. The van der Waals surface area contributed by atoms with E-state index in [-0.39, 0.29) is 5.91 Å². The van der Waals surface area contributed by atoms with Crippen LogP contribution in [0.25, 0.3) is 0 Å². The van der Waals surface area contributed by atoms with E-state index in [4.69, 9.17) is 15.7 Å². The fraction of sp³-hybridized carbons (Fsp3) is 0.857. The minimum absolute atomic E-state index is 0.0347. The van der Waals surface area contributed by atoms with Gasteiger partial charge in [0.1, 0.15) is 0 Å². The number of morpholine rings is 1. The van der Waals surface area contributed by atoms with Crippen LogP contribution in [0.5, 0.6) is 0 Å². The number of hydrogen-bond acceptors (Lipinski definition) is 6. The Kier molecular flexibility index (Phi) is 9.42. The van der Waals surface area contributed by atoms with Crippen LogP contribution < -0.4 is 5.73 Å². The monoisotopic (exact) mass is 314 g/mol. The van der Waals surface area contributed by atoms with Gasteiger partial charge in [-0.1, -0.05) is 0 Å². The summed E-state index contributed by atoms with van der Waals surface area (Å²) in [5.74, 6) is 0.843. The summed E-state index contributed by atoms with van der Waals surface area (Å²) >= 11 is 1.69. The number of nitrogens with zero attached hydrogens (tertiary/aromatic N) is 3. The van der Waals surface area contributed by atoms with Gasteiger partial charge in [0.2, 0.25) is 5.91 Å². The van der Waals surface area contributed by atoms with Gasteiger partial charge in [0.15, 0.2) is 0 Å². The predicted molar refractivity (Wildman–Crippen MR) is 85.0 cm³/mol. The molecule has 0 radical (unpaired) electrons. The van der Waals surface area contributed by atoms with E-state index in [1.807, 2.05) is 6.26 Å². The molecule has 0 aromatic carbocycles. The van der Waals surface area contributed by atoms with Crippen molar-refractivity contribution >= 4 is 17.7 Å². The molecule has 0 aromatic heterocycles. The summed E-state index contributed by atoms with van der Waals surface area (Å²) in [5, 5.41) is 8.74. The van der Waals surface area contributed by atoms with Gasteiger partial charge in [-0.3, -0.25) is 9.69 Å². The highest BCUT2D eigenvalue weighted by atomic mass is 32.2. The summed E-state index contributed by atoms with van der Waals surface area (Å²) in [7, 11) is 0. The Hall–Kier alpha value is -0.810. The van der Waals surface area contributed by atoms with Crippen molar-refractivity contribution in [1.29, 1.82) is 5.26 Å². The Morgan fingerprint density at radius 1 is 1.48 bits per heavy atom. The molecule has 0 unspecified atom stereocenters. The number of nitriles is 1. The normalized spacial score (nSPS) is 17.2. The number of thioether (sulfide) groups is 1. The summed E-state index contributed by atoms with van der Waals surface area (Å²) < 4.78 is 5.31. The molecule has 0 spiro atoms. The SMILES string of the molecule is CSCC[C@H](N)C(=O)N(CCC#N)CCN1CCOCC1. The zero-order valence-corrected chi connectivity index (χ0v) is 13.6. The summed E-state index contributed by atoms with van der Waals surface area (Å²) in [4.78, 5) is 16.4. The quantitative estimate of drug-likeness (QED) is 0.652. The average Bonchev–Trinajstić information content (AvgIpc) is 2.53. The van der Waals surface area contributed by atoms with Crippen molar-refractivity contribution in [2.75, 3.05) is 57.9 Å². The summed E-state index contributed by atoms with van der Waals surface area (Å²) in [6.07, 6.45) is 3.04. The van der Waals surface area contributed by atoms with Crippen LogP contribution in [-0.2, 0) is 9.53 Å². The minimum atomic E-state index is -0.458. The van der Waals surface area contributed by atoms with Gasteiger partial charge >= 0.3 is 0 Å². The summed E-state index contributed by atoms with van der Waals surface area (Å²) in [6, 6.07) is 1.64. The highest BCUT2D eigenvalue weighted by Gasteiger charge is 2.21. The van der Waals surface area contributed by atoms with E-state index in [9.17, 15) is 4.79 Å². The molecule has 120 valence electrons. The van der Waals surface area contributed by atoms with Gasteiger partial charge in [0, 0.05) is 32.7 Å². The number of ether oxygens (including phenoxy) is 1. The van der Waals surface area contributed by atoms with Gasteiger partial charge in [-0.2, -0.15) is 17.0 Å². The first kappa shape index (κ1) is 18.2. The van der Waals surface area contributed by atoms with Crippen molar-refractivity contribution in [2.24, 2.45) is 5.73 Å². The number of carbonyl (C=O) groups is 1. The second kappa shape index (κ2) is 10.9. The van der Waals surface area contributed by atoms with Crippen LogP contribution in [0.15, 0.2) is 0 Å². The standard InChI is InChI=1S/C14H26N4O2S/c1-21-12-3-13(16)14(19)18(5-2-4-15)7-6-17-8-10-20-11-9-17/h13H,2-3,5-12,16H2,1H3/t13-/m0/s1. The zero-order chi connectivity index (χ0) is 15.5.